The highest BCUT2D eigenvalue weighted by Crippen LogP contribution is 2.18. The molecular weight excluding hydrogens is 622 g/mol. The first-order chi connectivity index (χ1) is 24.5. The smallest absolute Gasteiger partial charge is 0.306 e. The quantitative estimate of drug-likeness (QED) is 0.0435. The molecule has 0 bridgehead atoms. The standard InChI is InChI=1S/C44H87NO5/c1-4-7-10-13-16-19-21-23-25-28-31-34-37-44(49)50-40(35-32-29-26-18-15-12-9-6-3)38-43(48)45-41(39-46)42(47)36-33-30-27-24-22-20-17-14-11-8-5-2/h40-42,46-47H,4-39H2,1-3H3,(H,45,48). The molecule has 0 fully saturated rings. The zero-order chi connectivity index (χ0) is 36.8. The molecule has 0 aromatic carbocycles. The maximum Gasteiger partial charge on any atom is 0.306 e. The zero-order valence-electron chi connectivity index (χ0n) is 33.8. The molecule has 0 radical (unpaired) electrons. The minimum atomic E-state index is -0.776. The molecule has 298 valence electrons. The van der Waals surface area contributed by atoms with Gasteiger partial charge in [0.25, 0.3) is 0 Å². The Hall–Kier alpha value is -1.14. The Kier molecular flexibility index (Phi) is 38.2. The van der Waals surface area contributed by atoms with Gasteiger partial charge in [0.15, 0.2) is 0 Å². The van der Waals surface area contributed by atoms with Crippen LogP contribution in [-0.2, 0) is 14.3 Å². The number of hydrogen-bond acceptors (Lipinski definition) is 5. The van der Waals surface area contributed by atoms with E-state index in [1.165, 1.54) is 154 Å². The Bertz CT molecular complexity index is 717. The highest BCUT2D eigenvalue weighted by Gasteiger charge is 2.24. The summed E-state index contributed by atoms with van der Waals surface area (Å²) in [6.07, 6.45) is 38.8. The van der Waals surface area contributed by atoms with Crippen LogP contribution in [0.15, 0.2) is 0 Å². The molecule has 0 spiro atoms. The van der Waals surface area contributed by atoms with E-state index < -0.39 is 18.2 Å². The number of hydrogen-bond donors (Lipinski definition) is 3. The molecular formula is C44H87NO5. The first-order valence-electron chi connectivity index (χ1n) is 22.3. The van der Waals surface area contributed by atoms with Crippen LogP contribution in [0.4, 0.5) is 0 Å². The fourth-order valence-electron chi connectivity index (χ4n) is 7.02. The van der Waals surface area contributed by atoms with Gasteiger partial charge in [-0.25, -0.2) is 0 Å². The van der Waals surface area contributed by atoms with E-state index in [1.54, 1.807) is 0 Å². The second-order valence-electron chi connectivity index (χ2n) is 15.5. The van der Waals surface area contributed by atoms with E-state index in [4.69, 9.17) is 4.74 Å². The maximum atomic E-state index is 13.1. The van der Waals surface area contributed by atoms with E-state index in [9.17, 15) is 19.8 Å². The molecule has 0 aliphatic rings. The summed E-state index contributed by atoms with van der Waals surface area (Å²) in [5, 5.41) is 23.6. The van der Waals surface area contributed by atoms with Gasteiger partial charge in [-0.05, 0) is 25.7 Å². The topological polar surface area (TPSA) is 95.9 Å². The van der Waals surface area contributed by atoms with Crippen LogP contribution in [-0.4, -0.2) is 46.9 Å². The molecule has 3 N–H and O–H groups in total. The van der Waals surface area contributed by atoms with Crippen molar-refractivity contribution in [1.29, 1.82) is 0 Å². The van der Waals surface area contributed by atoms with Crippen LogP contribution < -0.4 is 5.32 Å². The summed E-state index contributed by atoms with van der Waals surface area (Å²) in [5.41, 5.74) is 0. The maximum absolute atomic E-state index is 13.1. The number of unbranched alkanes of at least 4 members (excludes halogenated alkanes) is 28. The second kappa shape index (κ2) is 39.1. The molecule has 0 heterocycles. The molecule has 0 saturated heterocycles. The van der Waals surface area contributed by atoms with Crippen molar-refractivity contribution in [2.24, 2.45) is 0 Å². The molecule has 6 nitrogen and oxygen atoms in total. The fourth-order valence-corrected chi connectivity index (χ4v) is 7.02. The molecule has 6 heteroatoms. The van der Waals surface area contributed by atoms with Crippen LogP contribution in [0.5, 0.6) is 0 Å². The fraction of sp³-hybridized carbons (Fsp3) is 0.955. The van der Waals surface area contributed by atoms with Crippen LogP contribution in [0, 0.1) is 0 Å². The van der Waals surface area contributed by atoms with Gasteiger partial charge in [0.1, 0.15) is 6.10 Å². The molecule has 0 aromatic rings. The lowest BCUT2D eigenvalue weighted by molar-refractivity contribution is -0.151. The van der Waals surface area contributed by atoms with Crippen molar-refractivity contribution in [2.45, 2.75) is 264 Å². The van der Waals surface area contributed by atoms with Gasteiger partial charge in [-0.3, -0.25) is 9.59 Å². The number of aliphatic hydroxyl groups is 2. The molecule has 3 atom stereocenters. The molecule has 0 aliphatic carbocycles. The zero-order valence-corrected chi connectivity index (χ0v) is 33.8. The number of carbonyl (C=O) groups is 2. The van der Waals surface area contributed by atoms with Crippen molar-refractivity contribution in [2.75, 3.05) is 6.61 Å². The van der Waals surface area contributed by atoms with Crippen LogP contribution in [0.1, 0.15) is 245 Å². The number of esters is 1. The third-order valence-electron chi connectivity index (χ3n) is 10.4. The van der Waals surface area contributed by atoms with Gasteiger partial charge >= 0.3 is 5.97 Å². The normalized spacial score (nSPS) is 13.3. The average molecular weight is 710 g/mol. The van der Waals surface area contributed by atoms with E-state index in [-0.39, 0.29) is 24.9 Å². The minimum absolute atomic E-state index is 0.0857. The first kappa shape index (κ1) is 48.9. The molecule has 0 rings (SSSR count). The monoisotopic (exact) mass is 710 g/mol. The largest absolute Gasteiger partial charge is 0.462 e. The van der Waals surface area contributed by atoms with Crippen molar-refractivity contribution in [3.05, 3.63) is 0 Å². The Morgan fingerprint density at radius 2 is 0.840 bits per heavy atom. The highest BCUT2D eigenvalue weighted by molar-refractivity contribution is 5.77. The summed E-state index contributed by atoms with van der Waals surface area (Å²) in [6, 6.07) is -0.689. The van der Waals surface area contributed by atoms with Crippen molar-refractivity contribution >= 4 is 11.9 Å². The lowest BCUT2D eigenvalue weighted by Crippen LogP contribution is -2.46. The number of ether oxygens (including phenoxy) is 1. The molecule has 50 heavy (non-hydrogen) atoms. The molecule has 3 unspecified atom stereocenters. The van der Waals surface area contributed by atoms with Gasteiger partial charge in [0.05, 0.1) is 25.2 Å². The van der Waals surface area contributed by atoms with Gasteiger partial charge in [-0.2, -0.15) is 0 Å². The number of nitrogens with one attached hydrogen (secondary N) is 1. The lowest BCUT2D eigenvalue weighted by Gasteiger charge is -2.24. The van der Waals surface area contributed by atoms with E-state index in [0.29, 0.717) is 19.3 Å². The second-order valence-corrected chi connectivity index (χ2v) is 15.5. The summed E-state index contributed by atoms with van der Waals surface area (Å²) in [5.74, 6) is -0.463. The third-order valence-corrected chi connectivity index (χ3v) is 10.4. The van der Waals surface area contributed by atoms with Crippen LogP contribution in [0.2, 0.25) is 0 Å². The average Bonchev–Trinajstić information content (AvgIpc) is 3.10. The Labute approximate surface area is 311 Å². The van der Waals surface area contributed by atoms with Gasteiger partial charge in [0.2, 0.25) is 5.91 Å². The van der Waals surface area contributed by atoms with Crippen molar-refractivity contribution in [3.63, 3.8) is 0 Å². The third kappa shape index (κ3) is 34.0. The van der Waals surface area contributed by atoms with E-state index in [2.05, 4.69) is 26.1 Å². The number of carbonyl (C=O) groups excluding carboxylic acids is 2. The predicted molar refractivity (Wildman–Crippen MR) is 214 cm³/mol. The van der Waals surface area contributed by atoms with Crippen LogP contribution >= 0.6 is 0 Å². The van der Waals surface area contributed by atoms with E-state index in [1.807, 2.05) is 0 Å². The van der Waals surface area contributed by atoms with Gasteiger partial charge in [-0.1, -0.05) is 207 Å². The first-order valence-corrected chi connectivity index (χ1v) is 22.3. The summed E-state index contributed by atoms with van der Waals surface area (Å²) in [7, 11) is 0. The van der Waals surface area contributed by atoms with Crippen LogP contribution in [0.25, 0.3) is 0 Å². The summed E-state index contributed by atoms with van der Waals surface area (Å²) in [4.78, 5) is 25.8. The highest BCUT2D eigenvalue weighted by atomic mass is 16.5. The number of aliphatic hydroxyl groups excluding tert-OH is 2. The minimum Gasteiger partial charge on any atom is -0.462 e. The van der Waals surface area contributed by atoms with Gasteiger partial charge in [-0.15, -0.1) is 0 Å². The Morgan fingerprint density at radius 3 is 1.22 bits per heavy atom. The van der Waals surface area contributed by atoms with Crippen LogP contribution in [0.3, 0.4) is 0 Å². The van der Waals surface area contributed by atoms with E-state index >= 15 is 0 Å². The Morgan fingerprint density at radius 1 is 0.500 bits per heavy atom. The number of amides is 1. The van der Waals surface area contributed by atoms with Gasteiger partial charge in [0, 0.05) is 6.42 Å². The molecule has 0 aromatic heterocycles. The number of rotatable bonds is 40. The SMILES string of the molecule is CCCCCCCCCCCCCCC(=O)OC(CCCCCCCCCC)CC(=O)NC(CO)C(O)CCCCCCCCCCCCC. The van der Waals surface area contributed by atoms with Crippen molar-refractivity contribution in [1.82, 2.24) is 5.32 Å². The van der Waals surface area contributed by atoms with Gasteiger partial charge < -0.3 is 20.3 Å². The predicted octanol–water partition coefficient (Wildman–Crippen LogP) is 12.4. The summed E-state index contributed by atoms with van der Waals surface area (Å²) < 4.78 is 5.88. The van der Waals surface area contributed by atoms with Crippen molar-refractivity contribution in [3.8, 4) is 0 Å². The van der Waals surface area contributed by atoms with E-state index in [0.717, 1.165) is 44.9 Å². The Balaban J connectivity index is 4.47. The summed E-state index contributed by atoms with van der Waals surface area (Å²) in [6.45, 7) is 6.45. The van der Waals surface area contributed by atoms with Crippen molar-refractivity contribution < 1.29 is 24.5 Å². The molecule has 0 saturated carbocycles. The molecule has 1 amide bonds. The molecule has 0 aliphatic heterocycles. The summed E-state index contributed by atoms with van der Waals surface area (Å²) >= 11 is 0. The lowest BCUT2D eigenvalue weighted by atomic mass is 10.0.